The Morgan fingerprint density at radius 1 is 1.43 bits per heavy atom. The first-order valence-electron chi connectivity index (χ1n) is 7.07. The quantitative estimate of drug-likeness (QED) is 0.876. The van der Waals surface area contributed by atoms with E-state index < -0.39 is 0 Å². The maximum absolute atomic E-state index is 12.2. The smallest absolute Gasteiger partial charge is 0.224 e. The molecule has 1 aliphatic heterocycles. The zero-order valence-electron chi connectivity index (χ0n) is 12.0. The molecule has 1 saturated heterocycles. The summed E-state index contributed by atoms with van der Waals surface area (Å²) in [6, 6.07) is 3.91. The lowest BCUT2D eigenvalue weighted by Gasteiger charge is -2.26. The van der Waals surface area contributed by atoms with E-state index in [9.17, 15) is 4.79 Å². The molecule has 1 N–H and O–H groups in total. The van der Waals surface area contributed by atoms with Crippen molar-refractivity contribution in [1.82, 2.24) is 19.4 Å². The number of carbonyl (C=O) groups is 1. The number of carbonyl (C=O) groups excluding carboxylic acids is 1. The summed E-state index contributed by atoms with van der Waals surface area (Å²) in [5.41, 5.74) is 2.66. The number of aromatic nitrogens is 3. The molecule has 21 heavy (non-hydrogen) atoms. The highest BCUT2D eigenvalue weighted by atomic mass is 32.1. The van der Waals surface area contributed by atoms with Crippen LogP contribution in [0.25, 0.3) is 11.2 Å². The van der Waals surface area contributed by atoms with Crippen LogP contribution in [0.3, 0.4) is 0 Å². The molecule has 0 unspecified atom stereocenters. The molecule has 0 saturated carbocycles. The second-order valence-corrected chi connectivity index (χ2v) is 5.54. The Bertz CT molecular complexity index is 715. The van der Waals surface area contributed by atoms with Gasteiger partial charge in [0.2, 0.25) is 5.91 Å². The van der Waals surface area contributed by atoms with Crippen LogP contribution in [-0.4, -0.2) is 51.6 Å². The summed E-state index contributed by atoms with van der Waals surface area (Å²) >= 11 is 5.33. The molecule has 2 aromatic heterocycles. The zero-order chi connectivity index (χ0) is 14.8. The third-order valence-corrected chi connectivity index (χ3v) is 3.99. The lowest BCUT2D eigenvalue weighted by Crippen LogP contribution is -2.40. The van der Waals surface area contributed by atoms with Crippen molar-refractivity contribution in [3.8, 4) is 0 Å². The van der Waals surface area contributed by atoms with Gasteiger partial charge in [0.1, 0.15) is 0 Å². The summed E-state index contributed by atoms with van der Waals surface area (Å²) in [6.07, 6.45) is 0.427. The average Bonchev–Trinajstić information content (AvgIpc) is 2.80. The summed E-state index contributed by atoms with van der Waals surface area (Å²) in [4.78, 5) is 21.7. The minimum Gasteiger partial charge on any atom is -0.378 e. The van der Waals surface area contributed by atoms with Crippen LogP contribution in [0.4, 0.5) is 0 Å². The molecule has 6 nitrogen and oxygen atoms in total. The Morgan fingerprint density at radius 2 is 2.19 bits per heavy atom. The Morgan fingerprint density at radius 3 is 2.95 bits per heavy atom. The maximum Gasteiger partial charge on any atom is 0.224 e. The van der Waals surface area contributed by atoms with Crippen LogP contribution < -0.4 is 0 Å². The van der Waals surface area contributed by atoms with Crippen molar-refractivity contribution in [2.45, 2.75) is 19.9 Å². The third-order valence-electron chi connectivity index (χ3n) is 3.67. The fourth-order valence-corrected chi connectivity index (χ4v) is 2.80. The van der Waals surface area contributed by atoms with Gasteiger partial charge in [-0.15, -0.1) is 0 Å². The van der Waals surface area contributed by atoms with Crippen molar-refractivity contribution in [1.29, 1.82) is 0 Å². The molecular formula is C14H18N4O2S. The number of nitrogens with one attached hydrogen (secondary N) is 1. The molecule has 1 fully saturated rings. The van der Waals surface area contributed by atoms with Gasteiger partial charge in [0, 0.05) is 31.7 Å². The van der Waals surface area contributed by atoms with Crippen molar-refractivity contribution < 1.29 is 9.53 Å². The number of aromatic amines is 1. The van der Waals surface area contributed by atoms with E-state index in [0.29, 0.717) is 44.0 Å². The number of H-pyrrole nitrogens is 1. The molecule has 3 heterocycles. The number of fused-ring (bicyclic) bond motifs is 1. The highest BCUT2D eigenvalue weighted by molar-refractivity contribution is 7.71. The van der Waals surface area contributed by atoms with Gasteiger partial charge in [-0.1, -0.05) is 0 Å². The largest absolute Gasteiger partial charge is 0.378 e. The maximum atomic E-state index is 12.2. The Hall–Kier alpha value is -1.73. The van der Waals surface area contributed by atoms with Crippen molar-refractivity contribution in [2.75, 3.05) is 26.3 Å². The van der Waals surface area contributed by atoms with E-state index in [0.717, 1.165) is 16.9 Å². The van der Waals surface area contributed by atoms with Gasteiger partial charge in [0.05, 0.1) is 18.7 Å². The summed E-state index contributed by atoms with van der Waals surface area (Å²) in [5, 5.41) is 0. The van der Waals surface area contributed by atoms with Gasteiger partial charge in [0.15, 0.2) is 10.4 Å². The summed E-state index contributed by atoms with van der Waals surface area (Å²) in [5.74, 6) is 0.141. The van der Waals surface area contributed by atoms with E-state index in [2.05, 4.69) is 9.97 Å². The molecule has 3 rings (SSSR count). The van der Waals surface area contributed by atoms with Gasteiger partial charge in [-0.05, 0) is 31.3 Å². The third kappa shape index (κ3) is 2.98. The predicted octanol–water partition coefficient (Wildman–Crippen LogP) is 1.65. The summed E-state index contributed by atoms with van der Waals surface area (Å²) in [7, 11) is 0. The van der Waals surface area contributed by atoms with Crippen LogP contribution in [0, 0.1) is 11.7 Å². The van der Waals surface area contributed by atoms with Gasteiger partial charge in [-0.3, -0.25) is 4.79 Å². The lowest BCUT2D eigenvalue weighted by atomic mass is 10.3. The molecule has 2 aromatic rings. The van der Waals surface area contributed by atoms with Gasteiger partial charge >= 0.3 is 0 Å². The number of amides is 1. The normalized spacial score (nSPS) is 15.6. The van der Waals surface area contributed by atoms with Gasteiger partial charge < -0.3 is 19.2 Å². The number of imidazole rings is 1. The molecule has 0 atom stereocenters. The first-order valence-corrected chi connectivity index (χ1v) is 7.47. The fourth-order valence-electron chi connectivity index (χ4n) is 2.51. The van der Waals surface area contributed by atoms with Crippen molar-refractivity contribution >= 4 is 29.3 Å². The number of hydrogen-bond acceptors (Lipinski definition) is 4. The van der Waals surface area contributed by atoms with E-state index >= 15 is 0 Å². The van der Waals surface area contributed by atoms with Crippen LogP contribution in [0.1, 0.15) is 12.1 Å². The number of aryl methyl sites for hydroxylation is 2. The Kier molecular flexibility index (Phi) is 4.03. The van der Waals surface area contributed by atoms with Crippen molar-refractivity contribution in [3.63, 3.8) is 0 Å². The zero-order valence-corrected chi connectivity index (χ0v) is 12.8. The van der Waals surface area contributed by atoms with Gasteiger partial charge in [-0.25, -0.2) is 4.98 Å². The standard InChI is InChI=1S/C14H18N4O2S/c1-10-2-3-11-13(15-10)18(14(21)16-11)5-4-12(19)17-6-8-20-9-7-17/h2-3H,4-9H2,1H3,(H,16,21). The molecule has 0 radical (unpaired) electrons. The number of pyridine rings is 1. The first kappa shape index (κ1) is 14.2. The van der Waals surface area contributed by atoms with Gasteiger partial charge in [0.25, 0.3) is 0 Å². The highest BCUT2D eigenvalue weighted by Crippen LogP contribution is 2.13. The van der Waals surface area contributed by atoms with Crippen molar-refractivity contribution in [2.24, 2.45) is 0 Å². The number of rotatable bonds is 3. The van der Waals surface area contributed by atoms with Crippen LogP contribution in [0.5, 0.6) is 0 Å². The molecule has 0 aromatic carbocycles. The number of nitrogens with zero attached hydrogens (tertiary/aromatic N) is 3. The van der Waals surface area contributed by atoms with Crippen LogP contribution in [0.2, 0.25) is 0 Å². The van der Waals surface area contributed by atoms with Crippen LogP contribution in [0.15, 0.2) is 12.1 Å². The van der Waals surface area contributed by atoms with Crippen LogP contribution in [-0.2, 0) is 16.1 Å². The van der Waals surface area contributed by atoms with E-state index in [4.69, 9.17) is 17.0 Å². The lowest BCUT2D eigenvalue weighted by molar-refractivity contribution is -0.135. The summed E-state index contributed by atoms with van der Waals surface area (Å²) in [6.45, 7) is 5.09. The first-order chi connectivity index (χ1) is 10.1. The fraction of sp³-hybridized carbons (Fsp3) is 0.500. The highest BCUT2D eigenvalue weighted by Gasteiger charge is 2.17. The second-order valence-electron chi connectivity index (χ2n) is 5.15. The molecule has 1 amide bonds. The molecule has 112 valence electrons. The van der Waals surface area contributed by atoms with E-state index in [-0.39, 0.29) is 5.91 Å². The number of hydrogen-bond donors (Lipinski definition) is 1. The molecular weight excluding hydrogens is 288 g/mol. The monoisotopic (exact) mass is 306 g/mol. The molecule has 0 spiro atoms. The Balaban J connectivity index is 1.75. The van der Waals surface area contributed by atoms with E-state index in [1.807, 2.05) is 28.5 Å². The molecule has 7 heteroatoms. The molecule has 0 bridgehead atoms. The predicted molar refractivity (Wildman–Crippen MR) is 81.7 cm³/mol. The van der Waals surface area contributed by atoms with E-state index in [1.165, 1.54) is 0 Å². The second kappa shape index (κ2) is 5.95. The topological polar surface area (TPSA) is 63.2 Å². The van der Waals surface area contributed by atoms with Gasteiger partial charge in [-0.2, -0.15) is 0 Å². The minimum absolute atomic E-state index is 0.141. The molecule has 0 aliphatic carbocycles. The average molecular weight is 306 g/mol. The SMILES string of the molecule is Cc1ccc2[nH]c(=S)n(CCC(=O)N3CCOCC3)c2n1. The summed E-state index contributed by atoms with van der Waals surface area (Å²) < 4.78 is 7.77. The minimum atomic E-state index is 0.141. The van der Waals surface area contributed by atoms with Crippen LogP contribution >= 0.6 is 12.2 Å². The van der Waals surface area contributed by atoms with E-state index in [1.54, 1.807) is 0 Å². The number of morpholine rings is 1. The molecule has 1 aliphatic rings. The van der Waals surface area contributed by atoms with Crippen molar-refractivity contribution in [3.05, 3.63) is 22.6 Å². The number of ether oxygens (including phenoxy) is 1. The Labute approximate surface area is 127 Å².